The van der Waals surface area contributed by atoms with Gasteiger partial charge >= 0.3 is 0 Å². The van der Waals surface area contributed by atoms with Crippen molar-refractivity contribution in [3.05, 3.63) is 29.8 Å². The minimum absolute atomic E-state index is 0.0845. The van der Waals surface area contributed by atoms with Gasteiger partial charge in [0, 0.05) is 11.3 Å². The summed E-state index contributed by atoms with van der Waals surface area (Å²) in [5.41, 5.74) is 0.882. The molecule has 1 rings (SSSR count). The summed E-state index contributed by atoms with van der Waals surface area (Å²) < 4.78 is 24.0. The molecule has 0 radical (unpaired) electrons. The molecule has 0 spiro atoms. The molecule has 0 unspecified atom stereocenters. The predicted octanol–water partition coefficient (Wildman–Crippen LogP) is 1.48. The highest BCUT2D eigenvalue weighted by Gasteiger charge is 2.05. The average Bonchev–Trinajstić information content (AvgIpc) is 2.15. The normalized spacial score (nSPS) is 11.1. The van der Waals surface area contributed by atoms with Crippen LogP contribution in [0.1, 0.15) is 10.4 Å². The van der Waals surface area contributed by atoms with Gasteiger partial charge in [0.25, 0.3) is 0 Å². The topological polar surface area (TPSA) is 63.2 Å². The Balaban J connectivity index is 2.86. The number of alkyl halides is 1. The van der Waals surface area contributed by atoms with Gasteiger partial charge in [0.05, 0.1) is 12.1 Å². The lowest BCUT2D eigenvalue weighted by atomic mass is 10.1. The SMILES string of the molecule is CS(=O)(=O)Nc1ccc(C(=O)CCl)cc1. The smallest absolute Gasteiger partial charge is 0.229 e. The maximum absolute atomic E-state index is 11.1. The number of ketones is 1. The second-order valence-corrected chi connectivity index (χ2v) is 5.02. The largest absolute Gasteiger partial charge is 0.293 e. The van der Waals surface area contributed by atoms with Crippen molar-refractivity contribution in [2.75, 3.05) is 16.9 Å². The first-order chi connectivity index (χ1) is 6.92. The first-order valence-electron chi connectivity index (χ1n) is 4.09. The minimum Gasteiger partial charge on any atom is -0.293 e. The second-order valence-electron chi connectivity index (χ2n) is 3.01. The Morgan fingerprint density at radius 3 is 2.27 bits per heavy atom. The number of rotatable bonds is 4. The van der Waals surface area contributed by atoms with Gasteiger partial charge in [-0.05, 0) is 24.3 Å². The van der Waals surface area contributed by atoms with Crippen LogP contribution in [0, 0.1) is 0 Å². The van der Waals surface area contributed by atoms with E-state index < -0.39 is 10.0 Å². The lowest BCUT2D eigenvalue weighted by Gasteiger charge is -2.03. The van der Waals surface area contributed by atoms with Gasteiger partial charge < -0.3 is 0 Å². The van der Waals surface area contributed by atoms with Crippen molar-refractivity contribution in [1.82, 2.24) is 0 Å². The number of carbonyl (C=O) groups is 1. The first-order valence-corrected chi connectivity index (χ1v) is 6.52. The number of nitrogens with one attached hydrogen (secondary N) is 1. The van der Waals surface area contributed by atoms with Gasteiger partial charge in [-0.15, -0.1) is 11.6 Å². The molecule has 0 aromatic heterocycles. The predicted molar refractivity (Wildman–Crippen MR) is 60.0 cm³/mol. The molecule has 0 saturated heterocycles. The number of sulfonamides is 1. The second kappa shape index (κ2) is 4.63. The third-order valence-electron chi connectivity index (χ3n) is 1.63. The van der Waals surface area contributed by atoms with Crippen LogP contribution in [0.5, 0.6) is 0 Å². The molecule has 0 bridgehead atoms. The van der Waals surface area contributed by atoms with Gasteiger partial charge in [0.2, 0.25) is 10.0 Å². The van der Waals surface area contributed by atoms with E-state index in [4.69, 9.17) is 11.6 Å². The summed E-state index contributed by atoms with van der Waals surface area (Å²) in [6.45, 7) is 0. The van der Waals surface area contributed by atoms with E-state index in [1.165, 1.54) is 24.3 Å². The lowest BCUT2D eigenvalue weighted by molar-refractivity contribution is 0.102. The summed E-state index contributed by atoms with van der Waals surface area (Å²) in [7, 11) is -3.28. The summed E-state index contributed by atoms with van der Waals surface area (Å²) in [6.07, 6.45) is 1.06. The molecule has 0 heterocycles. The van der Waals surface area contributed by atoms with Crippen LogP contribution in [-0.2, 0) is 10.0 Å². The molecular weight excluding hydrogens is 238 g/mol. The molecule has 1 aromatic rings. The molecule has 0 amide bonds. The third-order valence-corrected chi connectivity index (χ3v) is 2.48. The monoisotopic (exact) mass is 247 g/mol. The van der Waals surface area contributed by atoms with Crippen molar-refractivity contribution in [1.29, 1.82) is 0 Å². The van der Waals surface area contributed by atoms with Gasteiger partial charge in [-0.3, -0.25) is 9.52 Å². The molecule has 0 atom stereocenters. The minimum atomic E-state index is -3.28. The summed E-state index contributed by atoms with van der Waals surface area (Å²) in [4.78, 5) is 11.1. The first kappa shape index (κ1) is 12.0. The highest BCUT2D eigenvalue weighted by Crippen LogP contribution is 2.11. The third kappa shape index (κ3) is 3.89. The lowest BCUT2D eigenvalue weighted by Crippen LogP contribution is -2.09. The van der Waals surface area contributed by atoms with Gasteiger partial charge in [-0.1, -0.05) is 0 Å². The van der Waals surface area contributed by atoms with E-state index in [1.807, 2.05) is 0 Å². The number of Topliss-reactive ketones (excluding diaryl/α,β-unsaturated/α-hetero) is 1. The van der Waals surface area contributed by atoms with Crippen molar-refractivity contribution < 1.29 is 13.2 Å². The summed E-state index contributed by atoms with van der Waals surface area (Å²) >= 11 is 5.37. The standard InChI is InChI=1S/C9H10ClNO3S/c1-15(13,14)11-8-4-2-7(3-5-8)9(12)6-10/h2-5,11H,6H2,1H3. The van der Waals surface area contributed by atoms with E-state index in [0.717, 1.165) is 6.26 Å². The van der Waals surface area contributed by atoms with Gasteiger partial charge in [-0.25, -0.2) is 8.42 Å². The van der Waals surface area contributed by atoms with Crippen LogP contribution in [0.15, 0.2) is 24.3 Å². The molecule has 0 aliphatic carbocycles. The van der Waals surface area contributed by atoms with E-state index in [0.29, 0.717) is 11.3 Å². The highest BCUT2D eigenvalue weighted by molar-refractivity contribution is 7.92. The zero-order chi connectivity index (χ0) is 11.5. The number of hydrogen-bond donors (Lipinski definition) is 1. The maximum Gasteiger partial charge on any atom is 0.229 e. The zero-order valence-corrected chi connectivity index (χ0v) is 9.60. The van der Waals surface area contributed by atoms with E-state index in [-0.39, 0.29) is 11.7 Å². The van der Waals surface area contributed by atoms with Crippen molar-refractivity contribution >= 4 is 33.1 Å². The van der Waals surface area contributed by atoms with Crippen LogP contribution < -0.4 is 4.72 Å². The van der Waals surface area contributed by atoms with Gasteiger partial charge in [0.1, 0.15) is 0 Å². The molecular formula is C9H10ClNO3S. The number of halogens is 1. The Morgan fingerprint density at radius 2 is 1.87 bits per heavy atom. The number of benzene rings is 1. The fraction of sp³-hybridized carbons (Fsp3) is 0.222. The van der Waals surface area contributed by atoms with Crippen molar-refractivity contribution in [3.63, 3.8) is 0 Å². The Kier molecular flexibility index (Phi) is 3.71. The molecule has 6 heteroatoms. The van der Waals surface area contributed by atoms with Crippen molar-refractivity contribution in [2.24, 2.45) is 0 Å². The molecule has 0 saturated carbocycles. The summed E-state index contributed by atoms with van der Waals surface area (Å²) in [5, 5.41) is 0. The molecule has 1 N–H and O–H groups in total. The van der Waals surface area contributed by atoms with Crippen molar-refractivity contribution in [3.8, 4) is 0 Å². The molecule has 15 heavy (non-hydrogen) atoms. The quantitative estimate of drug-likeness (QED) is 0.648. The number of carbonyl (C=O) groups excluding carboxylic acids is 1. The molecule has 0 fully saturated rings. The Morgan fingerprint density at radius 1 is 1.33 bits per heavy atom. The van der Waals surface area contributed by atoms with Gasteiger partial charge in [-0.2, -0.15) is 0 Å². The number of anilines is 1. The Labute approximate surface area is 93.3 Å². The van der Waals surface area contributed by atoms with Crippen LogP contribution in [0.25, 0.3) is 0 Å². The average molecular weight is 248 g/mol. The maximum atomic E-state index is 11.1. The molecule has 82 valence electrons. The van der Waals surface area contributed by atoms with Crippen molar-refractivity contribution in [2.45, 2.75) is 0 Å². The van der Waals surface area contributed by atoms with Crippen LogP contribution in [-0.4, -0.2) is 26.3 Å². The van der Waals surface area contributed by atoms with E-state index in [1.54, 1.807) is 0 Å². The van der Waals surface area contributed by atoms with E-state index in [9.17, 15) is 13.2 Å². The molecule has 4 nitrogen and oxygen atoms in total. The van der Waals surface area contributed by atoms with Gasteiger partial charge in [0.15, 0.2) is 5.78 Å². The highest BCUT2D eigenvalue weighted by atomic mass is 35.5. The fourth-order valence-corrected chi connectivity index (χ4v) is 1.73. The van der Waals surface area contributed by atoms with Crippen LogP contribution in [0.4, 0.5) is 5.69 Å². The summed E-state index contributed by atoms with van der Waals surface area (Å²) in [6, 6.07) is 6.08. The summed E-state index contributed by atoms with van der Waals surface area (Å²) in [5.74, 6) is -0.277. The van der Waals surface area contributed by atoms with E-state index >= 15 is 0 Å². The van der Waals surface area contributed by atoms with Crippen LogP contribution >= 0.6 is 11.6 Å². The molecule has 0 aliphatic heterocycles. The molecule has 0 aliphatic rings. The van der Waals surface area contributed by atoms with Crippen LogP contribution in [0.2, 0.25) is 0 Å². The Bertz CT molecular complexity index is 453. The number of hydrogen-bond acceptors (Lipinski definition) is 3. The van der Waals surface area contributed by atoms with E-state index in [2.05, 4.69) is 4.72 Å². The zero-order valence-electron chi connectivity index (χ0n) is 8.03. The van der Waals surface area contributed by atoms with Crippen LogP contribution in [0.3, 0.4) is 0 Å². The Hall–Kier alpha value is -1.07. The molecule has 1 aromatic carbocycles. The fourth-order valence-electron chi connectivity index (χ4n) is 1.02.